The fraction of sp³-hybridized carbons (Fsp3) is 0.727. The molecule has 1 saturated carbocycles. The highest BCUT2D eigenvalue weighted by Gasteiger charge is 2.63. The Kier molecular flexibility index (Phi) is 1.95. The predicted octanol–water partition coefficient (Wildman–Crippen LogP) is 0.509. The maximum atomic E-state index is 11.7. The molecular weight excluding hydrogens is 180 g/mol. The number of ketones is 1. The molecule has 0 aromatic heterocycles. The van der Waals surface area contributed by atoms with Crippen LogP contribution in [0.5, 0.6) is 0 Å². The van der Waals surface area contributed by atoms with Crippen molar-refractivity contribution in [2.45, 2.75) is 37.9 Å². The maximum absolute atomic E-state index is 11.7. The molecule has 1 aliphatic carbocycles. The third kappa shape index (κ3) is 1.05. The van der Waals surface area contributed by atoms with Crippen molar-refractivity contribution < 1.29 is 14.6 Å². The number of hydrogen-bond acceptors (Lipinski definition) is 3. The van der Waals surface area contributed by atoms with Crippen LogP contribution in [0.4, 0.5) is 0 Å². The minimum absolute atomic E-state index is 0.0634. The normalized spacial score (nSPS) is 46.4. The predicted molar refractivity (Wildman–Crippen MR) is 50.5 cm³/mol. The van der Waals surface area contributed by atoms with Gasteiger partial charge in [-0.1, -0.05) is 0 Å². The van der Waals surface area contributed by atoms with Gasteiger partial charge in [-0.3, -0.25) is 4.79 Å². The maximum Gasteiger partial charge on any atom is 0.142 e. The van der Waals surface area contributed by atoms with E-state index in [0.717, 1.165) is 0 Å². The molecule has 1 heterocycles. The second kappa shape index (κ2) is 2.82. The van der Waals surface area contributed by atoms with Crippen molar-refractivity contribution in [2.75, 3.05) is 6.61 Å². The highest BCUT2D eigenvalue weighted by molar-refractivity contribution is 5.89. The van der Waals surface area contributed by atoms with Gasteiger partial charge in [-0.25, -0.2) is 0 Å². The summed E-state index contributed by atoms with van der Waals surface area (Å²) in [4.78, 5) is 11.7. The van der Waals surface area contributed by atoms with Crippen molar-refractivity contribution in [3.8, 4) is 12.3 Å². The molecule has 3 atom stereocenters. The number of ether oxygens (including phenoxy) is 1. The monoisotopic (exact) mass is 194 g/mol. The molecule has 0 aromatic rings. The first-order valence-corrected chi connectivity index (χ1v) is 4.85. The van der Waals surface area contributed by atoms with Crippen molar-refractivity contribution in [3.05, 3.63) is 0 Å². The first-order valence-electron chi connectivity index (χ1n) is 4.85. The minimum atomic E-state index is -1.03. The lowest BCUT2D eigenvalue weighted by Gasteiger charge is -2.35. The lowest BCUT2D eigenvalue weighted by molar-refractivity contribution is -0.136. The van der Waals surface area contributed by atoms with Crippen LogP contribution >= 0.6 is 0 Å². The Morgan fingerprint density at radius 1 is 1.79 bits per heavy atom. The van der Waals surface area contributed by atoms with Gasteiger partial charge in [0.2, 0.25) is 0 Å². The average molecular weight is 194 g/mol. The molecular formula is C11H14O3. The zero-order valence-electron chi connectivity index (χ0n) is 8.25. The second-order valence-electron chi connectivity index (χ2n) is 4.38. The number of epoxide rings is 1. The molecule has 3 heteroatoms. The van der Waals surface area contributed by atoms with Gasteiger partial charge in [0.25, 0.3) is 0 Å². The van der Waals surface area contributed by atoms with Gasteiger partial charge in [0.05, 0.1) is 12.0 Å². The molecule has 3 nitrogen and oxygen atoms in total. The van der Waals surface area contributed by atoms with E-state index in [0.29, 0.717) is 25.9 Å². The van der Waals surface area contributed by atoms with E-state index in [4.69, 9.17) is 11.2 Å². The van der Waals surface area contributed by atoms with E-state index in [2.05, 4.69) is 5.92 Å². The lowest BCUT2D eigenvalue weighted by Crippen LogP contribution is -2.49. The number of rotatable bonds is 2. The average Bonchev–Trinajstić information content (AvgIpc) is 2.93. The summed E-state index contributed by atoms with van der Waals surface area (Å²) in [6.45, 7) is 2.30. The van der Waals surface area contributed by atoms with Crippen LogP contribution in [0.2, 0.25) is 0 Å². The standard InChI is InChI=1S/C11H14O3/c1-3-5-10(2)8(12)4-6-11(10,13)9-7-14-9/h1,9,13H,4-7H2,2H3/t9-,10+,11-/m1/s1. The molecule has 76 valence electrons. The van der Waals surface area contributed by atoms with Crippen LogP contribution in [0.3, 0.4) is 0 Å². The Labute approximate surface area is 83.4 Å². The van der Waals surface area contributed by atoms with Crippen molar-refractivity contribution in [2.24, 2.45) is 5.41 Å². The summed E-state index contributed by atoms with van der Waals surface area (Å²) in [6.07, 6.45) is 6.24. The minimum Gasteiger partial charge on any atom is -0.386 e. The number of carbonyl (C=O) groups excluding carboxylic acids is 1. The van der Waals surface area contributed by atoms with Crippen LogP contribution in [-0.2, 0) is 9.53 Å². The quantitative estimate of drug-likeness (QED) is 0.514. The Morgan fingerprint density at radius 2 is 2.43 bits per heavy atom. The molecule has 2 rings (SSSR count). The van der Waals surface area contributed by atoms with Gasteiger partial charge >= 0.3 is 0 Å². The molecule has 0 aromatic carbocycles. The zero-order chi connectivity index (χ0) is 10.4. The fourth-order valence-corrected chi connectivity index (χ4v) is 2.39. The molecule has 1 aliphatic heterocycles. The lowest BCUT2D eigenvalue weighted by atomic mass is 9.71. The third-order valence-corrected chi connectivity index (χ3v) is 3.63. The largest absolute Gasteiger partial charge is 0.386 e. The van der Waals surface area contributed by atoms with Crippen LogP contribution in [0, 0.1) is 17.8 Å². The Morgan fingerprint density at radius 3 is 2.93 bits per heavy atom. The van der Waals surface area contributed by atoms with Crippen LogP contribution in [0.1, 0.15) is 26.2 Å². The van der Waals surface area contributed by atoms with Crippen LogP contribution in [0.25, 0.3) is 0 Å². The smallest absolute Gasteiger partial charge is 0.142 e. The molecule has 1 N–H and O–H groups in total. The van der Waals surface area contributed by atoms with Gasteiger partial charge in [-0.05, 0) is 13.3 Å². The van der Waals surface area contributed by atoms with Crippen molar-refractivity contribution in [1.29, 1.82) is 0 Å². The topological polar surface area (TPSA) is 49.8 Å². The van der Waals surface area contributed by atoms with Crippen molar-refractivity contribution >= 4 is 5.78 Å². The third-order valence-electron chi connectivity index (χ3n) is 3.63. The molecule has 0 radical (unpaired) electrons. The van der Waals surface area contributed by atoms with E-state index in [9.17, 15) is 9.90 Å². The van der Waals surface area contributed by atoms with E-state index in [1.54, 1.807) is 6.92 Å². The molecule has 2 fully saturated rings. The number of terminal acetylenes is 1. The molecule has 1 saturated heterocycles. The highest BCUT2D eigenvalue weighted by Crippen LogP contribution is 2.51. The number of carbonyl (C=O) groups is 1. The second-order valence-corrected chi connectivity index (χ2v) is 4.38. The van der Waals surface area contributed by atoms with Gasteiger partial charge in [-0.2, -0.15) is 0 Å². The summed E-state index contributed by atoms with van der Waals surface area (Å²) in [7, 11) is 0. The summed E-state index contributed by atoms with van der Waals surface area (Å²) in [5, 5.41) is 10.4. The summed E-state index contributed by atoms with van der Waals surface area (Å²) in [5.41, 5.74) is -1.83. The Hall–Kier alpha value is -0.850. The van der Waals surface area contributed by atoms with Crippen LogP contribution in [-0.4, -0.2) is 29.2 Å². The number of hydrogen-bond donors (Lipinski definition) is 1. The van der Waals surface area contributed by atoms with E-state index in [1.165, 1.54) is 0 Å². The van der Waals surface area contributed by atoms with Crippen molar-refractivity contribution in [1.82, 2.24) is 0 Å². The highest BCUT2D eigenvalue weighted by atomic mass is 16.6. The summed E-state index contributed by atoms with van der Waals surface area (Å²) < 4.78 is 5.11. The summed E-state index contributed by atoms with van der Waals surface area (Å²) in [6, 6.07) is 0. The number of aliphatic hydroxyl groups is 1. The van der Waals surface area contributed by atoms with E-state index in [1.807, 2.05) is 0 Å². The van der Waals surface area contributed by atoms with Gasteiger partial charge in [0.1, 0.15) is 17.5 Å². The molecule has 14 heavy (non-hydrogen) atoms. The SMILES string of the molecule is C#CC[C@@]1(C)C(=O)CC[C@@]1(O)[C@H]1CO1. The Bertz CT molecular complexity index is 313. The van der Waals surface area contributed by atoms with Crippen LogP contribution in [0.15, 0.2) is 0 Å². The van der Waals surface area contributed by atoms with Crippen molar-refractivity contribution in [3.63, 3.8) is 0 Å². The van der Waals surface area contributed by atoms with E-state index in [-0.39, 0.29) is 11.9 Å². The Balaban J connectivity index is 2.33. The van der Waals surface area contributed by atoms with Gasteiger partial charge in [0.15, 0.2) is 0 Å². The van der Waals surface area contributed by atoms with E-state index >= 15 is 0 Å². The van der Waals surface area contributed by atoms with Gasteiger partial charge < -0.3 is 9.84 Å². The fourth-order valence-electron chi connectivity index (χ4n) is 2.39. The molecule has 0 spiro atoms. The van der Waals surface area contributed by atoms with Crippen LogP contribution < -0.4 is 0 Å². The molecule has 0 unspecified atom stereocenters. The van der Waals surface area contributed by atoms with Gasteiger partial charge in [0, 0.05) is 12.8 Å². The first-order chi connectivity index (χ1) is 6.54. The molecule has 0 bridgehead atoms. The van der Waals surface area contributed by atoms with E-state index < -0.39 is 11.0 Å². The number of Topliss-reactive ketones (excluding diaryl/α,β-unsaturated/α-hetero) is 1. The molecule has 0 amide bonds. The first kappa shape index (κ1) is 9.70. The summed E-state index contributed by atoms with van der Waals surface area (Å²) >= 11 is 0. The zero-order valence-corrected chi connectivity index (χ0v) is 8.25. The summed E-state index contributed by atoms with van der Waals surface area (Å²) in [5.74, 6) is 2.55. The van der Waals surface area contributed by atoms with Gasteiger partial charge in [-0.15, -0.1) is 12.3 Å². The molecule has 2 aliphatic rings.